The van der Waals surface area contributed by atoms with Gasteiger partial charge in [0.25, 0.3) is 0 Å². The SMILES string of the molecule is C1CCCCC1.O=c1ccc2c(C(O)CNCCc3ccc(CCN4CCC(Cn5cnc(C(O)c6ccccc6)n5)CC4)cc3)ccc(O)c2[nH]1. The normalized spacial score (nSPS) is 16.7. The number of nitrogens with zero attached hydrogens (tertiary/aromatic N) is 4. The molecule has 2 unspecified atom stereocenters. The molecule has 1 aliphatic carbocycles. The van der Waals surface area contributed by atoms with Crippen molar-refractivity contribution in [3.05, 3.63) is 124 Å². The number of pyridine rings is 1. The van der Waals surface area contributed by atoms with E-state index in [1.54, 1.807) is 18.5 Å². The zero-order valence-electron chi connectivity index (χ0n) is 30.2. The summed E-state index contributed by atoms with van der Waals surface area (Å²) in [6, 6.07) is 24.5. The molecule has 0 bridgehead atoms. The predicted octanol–water partition coefficient (Wildman–Crippen LogP) is 6.07. The molecule has 0 radical (unpaired) electrons. The highest BCUT2D eigenvalue weighted by atomic mass is 16.3. The Bertz CT molecular complexity index is 1850. The number of aromatic amines is 1. The first-order valence-corrected chi connectivity index (χ1v) is 19.1. The van der Waals surface area contributed by atoms with Gasteiger partial charge in [0.05, 0.1) is 11.6 Å². The number of aromatic nitrogens is 4. The second-order valence-electron chi connectivity index (χ2n) is 14.4. The molecule has 10 heteroatoms. The lowest BCUT2D eigenvalue weighted by Gasteiger charge is -2.31. The number of phenolic OH excluding ortho intramolecular Hbond substituents is 1. The second-order valence-corrected chi connectivity index (χ2v) is 14.4. The van der Waals surface area contributed by atoms with Gasteiger partial charge in [-0.05, 0) is 85.6 Å². The molecule has 0 spiro atoms. The van der Waals surface area contributed by atoms with E-state index in [-0.39, 0.29) is 11.3 Å². The van der Waals surface area contributed by atoms with Crippen molar-refractivity contribution in [1.29, 1.82) is 0 Å². The van der Waals surface area contributed by atoms with Crippen molar-refractivity contribution in [2.45, 2.75) is 83.0 Å². The molecular formula is C42H54N6O4. The lowest BCUT2D eigenvalue weighted by atomic mass is 9.96. The van der Waals surface area contributed by atoms with Gasteiger partial charge in [0.15, 0.2) is 5.82 Å². The molecule has 1 aliphatic heterocycles. The largest absolute Gasteiger partial charge is 0.506 e. The number of phenols is 1. The zero-order valence-corrected chi connectivity index (χ0v) is 30.2. The quantitative estimate of drug-likeness (QED) is 0.0931. The van der Waals surface area contributed by atoms with Gasteiger partial charge in [-0.25, -0.2) is 4.98 Å². The van der Waals surface area contributed by atoms with Gasteiger partial charge in [-0.15, -0.1) is 0 Å². The molecule has 3 heterocycles. The van der Waals surface area contributed by atoms with Crippen molar-refractivity contribution < 1.29 is 15.3 Å². The van der Waals surface area contributed by atoms with E-state index in [0.29, 0.717) is 34.8 Å². The molecule has 10 nitrogen and oxygen atoms in total. The van der Waals surface area contributed by atoms with Crippen LogP contribution in [0, 0.1) is 5.92 Å². The predicted molar refractivity (Wildman–Crippen MR) is 205 cm³/mol. The maximum Gasteiger partial charge on any atom is 0.248 e. The summed E-state index contributed by atoms with van der Waals surface area (Å²) in [6.45, 7) is 5.11. The molecule has 1 saturated carbocycles. The van der Waals surface area contributed by atoms with Gasteiger partial charge < -0.3 is 30.5 Å². The molecule has 5 N–H and O–H groups in total. The molecule has 2 atom stereocenters. The van der Waals surface area contributed by atoms with Crippen LogP contribution in [-0.4, -0.2) is 72.7 Å². The third kappa shape index (κ3) is 10.6. The highest BCUT2D eigenvalue weighted by Crippen LogP contribution is 2.28. The topological polar surface area (TPSA) is 140 Å². The Morgan fingerprint density at radius 1 is 0.827 bits per heavy atom. The number of benzene rings is 3. The Balaban J connectivity index is 0.000000703. The van der Waals surface area contributed by atoms with Gasteiger partial charge in [-0.1, -0.05) is 99.2 Å². The summed E-state index contributed by atoms with van der Waals surface area (Å²) in [5, 5.41) is 39.9. The summed E-state index contributed by atoms with van der Waals surface area (Å²) in [6.07, 6.45) is 13.3. The number of aliphatic hydroxyl groups excluding tert-OH is 2. The van der Waals surface area contributed by atoms with Crippen LogP contribution in [0.3, 0.4) is 0 Å². The van der Waals surface area contributed by atoms with Crippen LogP contribution in [0.5, 0.6) is 5.75 Å². The number of aromatic hydroxyl groups is 1. The van der Waals surface area contributed by atoms with Crippen LogP contribution in [0.2, 0.25) is 0 Å². The minimum Gasteiger partial charge on any atom is -0.506 e. The molecule has 276 valence electrons. The first kappa shape index (κ1) is 37.4. The minimum absolute atomic E-state index is 0.0136. The lowest BCUT2D eigenvalue weighted by molar-refractivity contribution is 0.171. The lowest BCUT2D eigenvalue weighted by Crippen LogP contribution is -2.36. The van der Waals surface area contributed by atoms with Crippen LogP contribution in [0.4, 0.5) is 0 Å². The van der Waals surface area contributed by atoms with E-state index in [4.69, 9.17) is 0 Å². The van der Waals surface area contributed by atoms with E-state index in [2.05, 4.69) is 49.5 Å². The van der Waals surface area contributed by atoms with Gasteiger partial charge >= 0.3 is 0 Å². The Kier molecular flexibility index (Phi) is 13.6. The molecule has 1 saturated heterocycles. The van der Waals surface area contributed by atoms with E-state index in [1.165, 1.54) is 61.8 Å². The van der Waals surface area contributed by atoms with Crippen LogP contribution in [0.1, 0.15) is 91.7 Å². The van der Waals surface area contributed by atoms with Crippen LogP contribution in [0.15, 0.2) is 90.0 Å². The van der Waals surface area contributed by atoms with Crippen molar-refractivity contribution in [1.82, 2.24) is 30.0 Å². The monoisotopic (exact) mass is 706 g/mol. The number of nitrogens with one attached hydrogen (secondary N) is 2. The molecule has 52 heavy (non-hydrogen) atoms. The standard InChI is InChI=1S/C36H42N6O4.C6H12/c43-31-12-10-29(30-11-13-33(45)39-34(30)31)32(44)22-37-18-14-25-6-8-26(9-7-25)15-19-41-20-16-27(17-21-41)23-42-24-38-36(40-42)35(46)28-4-2-1-3-5-28;1-2-4-6-5-3-1/h1-13,24,27,32,35,37,43-44,46H,14-23H2,(H,39,45);1-6H2. The zero-order chi connectivity index (χ0) is 36.1. The summed E-state index contributed by atoms with van der Waals surface area (Å²) >= 11 is 0. The summed E-state index contributed by atoms with van der Waals surface area (Å²) in [5.41, 5.74) is 4.08. The number of H-pyrrole nitrogens is 1. The third-order valence-electron chi connectivity index (χ3n) is 10.5. The smallest absolute Gasteiger partial charge is 0.248 e. The van der Waals surface area contributed by atoms with Crippen LogP contribution >= 0.6 is 0 Å². The van der Waals surface area contributed by atoms with Gasteiger partial charge in [0.2, 0.25) is 5.56 Å². The highest BCUT2D eigenvalue weighted by molar-refractivity contribution is 5.87. The van der Waals surface area contributed by atoms with Gasteiger partial charge in [0.1, 0.15) is 18.2 Å². The van der Waals surface area contributed by atoms with E-state index < -0.39 is 12.2 Å². The Morgan fingerprint density at radius 3 is 2.19 bits per heavy atom. The fraction of sp³-hybridized carbons (Fsp3) is 0.452. The maximum absolute atomic E-state index is 11.6. The van der Waals surface area contributed by atoms with Crippen molar-refractivity contribution in [2.24, 2.45) is 5.92 Å². The number of rotatable bonds is 13. The molecule has 2 aromatic heterocycles. The van der Waals surface area contributed by atoms with Gasteiger partial charge in [0, 0.05) is 31.1 Å². The van der Waals surface area contributed by atoms with Gasteiger partial charge in [-0.3, -0.25) is 9.48 Å². The first-order chi connectivity index (χ1) is 25.4. The summed E-state index contributed by atoms with van der Waals surface area (Å²) < 4.78 is 1.88. The average Bonchev–Trinajstić information content (AvgIpc) is 3.66. The Hall–Kier alpha value is -4.35. The second kappa shape index (κ2) is 18.9. The van der Waals surface area contributed by atoms with Crippen molar-refractivity contribution in [2.75, 3.05) is 32.7 Å². The van der Waals surface area contributed by atoms with E-state index in [1.807, 2.05) is 35.0 Å². The van der Waals surface area contributed by atoms with E-state index in [9.17, 15) is 20.1 Å². The first-order valence-electron chi connectivity index (χ1n) is 19.1. The molecular weight excluding hydrogens is 652 g/mol. The number of fused-ring (bicyclic) bond motifs is 1. The molecule has 7 rings (SSSR count). The Labute approximate surface area is 306 Å². The van der Waals surface area contributed by atoms with Crippen LogP contribution < -0.4 is 10.9 Å². The summed E-state index contributed by atoms with van der Waals surface area (Å²) in [7, 11) is 0. The fourth-order valence-corrected chi connectivity index (χ4v) is 7.32. The van der Waals surface area contributed by atoms with Gasteiger partial charge in [-0.2, -0.15) is 5.10 Å². The van der Waals surface area contributed by atoms with Crippen molar-refractivity contribution >= 4 is 10.9 Å². The summed E-state index contributed by atoms with van der Waals surface area (Å²) in [4.78, 5) is 21.2. The number of hydrogen-bond acceptors (Lipinski definition) is 8. The number of likely N-dealkylation sites (tertiary alicyclic amines) is 1. The third-order valence-corrected chi connectivity index (χ3v) is 10.5. The van der Waals surface area contributed by atoms with Crippen molar-refractivity contribution in [3.63, 3.8) is 0 Å². The molecule has 5 aromatic rings. The summed E-state index contributed by atoms with van der Waals surface area (Å²) in [5.74, 6) is 0.990. The average molecular weight is 707 g/mol. The minimum atomic E-state index is -0.802. The molecule has 3 aromatic carbocycles. The van der Waals surface area contributed by atoms with E-state index >= 15 is 0 Å². The highest BCUT2D eigenvalue weighted by Gasteiger charge is 2.21. The molecule has 2 aliphatic rings. The molecule has 0 amide bonds. The number of aliphatic hydroxyl groups is 2. The van der Waals surface area contributed by atoms with Crippen molar-refractivity contribution in [3.8, 4) is 5.75 Å². The Morgan fingerprint density at radius 2 is 1.50 bits per heavy atom. The van der Waals surface area contributed by atoms with E-state index in [0.717, 1.165) is 64.0 Å². The maximum atomic E-state index is 11.6. The molecule has 2 fully saturated rings. The fourth-order valence-electron chi connectivity index (χ4n) is 7.32. The van der Waals surface area contributed by atoms with Crippen LogP contribution in [0.25, 0.3) is 10.9 Å². The number of piperidine rings is 1. The number of hydrogen-bond donors (Lipinski definition) is 5. The van der Waals surface area contributed by atoms with Crippen LogP contribution in [-0.2, 0) is 19.4 Å².